The molecule has 2 amide bonds. The van der Waals surface area contributed by atoms with Crippen LogP contribution in [0.3, 0.4) is 0 Å². The number of rotatable bonds is 5. The lowest BCUT2D eigenvalue weighted by Gasteiger charge is -2.34. The molecule has 1 saturated heterocycles. The number of hydrogen-bond donors (Lipinski definition) is 1. The Morgan fingerprint density at radius 1 is 1.28 bits per heavy atom. The van der Waals surface area contributed by atoms with Gasteiger partial charge in [-0.2, -0.15) is 0 Å². The molecular weight excluding hydrogens is 336 g/mol. The second kappa shape index (κ2) is 8.31. The summed E-state index contributed by atoms with van der Waals surface area (Å²) in [5.41, 5.74) is 3.25. The van der Waals surface area contributed by atoms with Gasteiger partial charge in [-0.05, 0) is 18.1 Å². The zero-order valence-corrected chi connectivity index (χ0v) is 15.5. The number of ether oxygens (including phenoxy) is 1. The predicted molar refractivity (Wildman–Crippen MR) is 100 cm³/mol. The third kappa shape index (κ3) is 4.70. The Hall–Kier alpha value is -2.12. The Labute approximate surface area is 152 Å². The highest BCUT2D eigenvalue weighted by Gasteiger charge is 2.22. The van der Waals surface area contributed by atoms with Gasteiger partial charge in [-0.25, -0.2) is 9.78 Å². The molecule has 0 unspecified atom stereocenters. The number of hydrogen-bond acceptors (Lipinski definition) is 5. The lowest BCUT2D eigenvalue weighted by Crippen LogP contribution is -2.51. The molecule has 1 aliphatic rings. The minimum absolute atomic E-state index is 0.00730. The maximum atomic E-state index is 12.4. The summed E-state index contributed by atoms with van der Waals surface area (Å²) >= 11 is 1.66. The predicted octanol–water partition coefficient (Wildman–Crippen LogP) is 2.63. The molecule has 7 heteroatoms. The van der Waals surface area contributed by atoms with E-state index < -0.39 is 0 Å². The second-order valence-electron chi connectivity index (χ2n) is 6.16. The molecule has 25 heavy (non-hydrogen) atoms. The van der Waals surface area contributed by atoms with Crippen LogP contribution in [0.2, 0.25) is 0 Å². The van der Waals surface area contributed by atoms with Crippen molar-refractivity contribution >= 4 is 22.5 Å². The van der Waals surface area contributed by atoms with Crippen molar-refractivity contribution in [3.8, 4) is 0 Å². The average Bonchev–Trinajstić information content (AvgIpc) is 3.07. The van der Waals surface area contributed by atoms with Crippen molar-refractivity contribution in [3.05, 3.63) is 46.5 Å². The molecule has 1 aromatic heterocycles. The van der Waals surface area contributed by atoms with E-state index >= 15 is 0 Å². The van der Waals surface area contributed by atoms with Gasteiger partial charge >= 0.3 is 6.03 Å². The van der Waals surface area contributed by atoms with Crippen LogP contribution in [-0.2, 0) is 17.9 Å². The minimum Gasteiger partial charge on any atom is -0.380 e. The molecular formula is C18H24N4O2S. The zero-order chi connectivity index (χ0) is 17.6. The molecule has 6 nitrogen and oxygen atoms in total. The first-order valence-corrected chi connectivity index (χ1v) is 9.30. The van der Waals surface area contributed by atoms with Crippen molar-refractivity contribution in [1.82, 2.24) is 15.2 Å². The molecule has 0 aliphatic carbocycles. The Bertz CT molecular complexity index is 711. The van der Waals surface area contributed by atoms with Crippen molar-refractivity contribution in [2.75, 3.05) is 38.2 Å². The van der Waals surface area contributed by atoms with Crippen LogP contribution in [0, 0.1) is 6.92 Å². The maximum absolute atomic E-state index is 12.4. The summed E-state index contributed by atoms with van der Waals surface area (Å²) in [5, 5.41) is 6.12. The normalized spacial score (nSPS) is 14.6. The van der Waals surface area contributed by atoms with Gasteiger partial charge in [-0.15, -0.1) is 11.3 Å². The molecule has 0 radical (unpaired) electrons. The number of thiazole rings is 1. The molecule has 0 spiro atoms. The fourth-order valence-corrected chi connectivity index (χ4v) is 3.73. The van der Waals surface area contributed by atoms with Crippen LogP contribution in [0.15, 0.2) is 29.6 Å². The largest absolute Gasteiger partial charge is 0.380 e. The molecule has 2 aromatic rings. The highest BCUT2D eigenvalue weighted by Crippen LogP contribution is 2.21. The van der Waals surface area contributed by atoms with Crippen LogP contribution < -0.4 is 10.2 Å². The number of nitrogens with zero attached hydrogens (tertiary/aromatic N) is 3. The molecule has 1 N–H and O–H groups in total. The minimum atomic E-state index is -0.00730. The van der Waals surface area contributed by atoms with E-state index in [-0.39, 0.29) is 6.03 Å². The first kappa shape index (κ1) is 17.7. The highest BCUT2D eigenvalue weighted by atomic mass is 32.1. The number of aromatic nitrogens is 1. The fourth-order valence-electron chi connectivity index (χ4n) is 2.87. The molecule has 0 saturated carbocycles. The fraction of sp³-hybridized carbons (Fsp3) is 0.444. The van der Waals surface area contributed by atoms with E-state index in [1.165, 1.54) is 0 Å². The molecule has 0 bridgehead atoms. The summed E-state index contributed by atoms with van der Waals surface area (Å²) in [7, 11) is 1.68. The van der Waals surface area contributed by atoms with Crippen LogP contribution >= 0.6 is 11.3 Å². The van der Waals surface area contributed by atoms with E-state index in [0.29, 0.717) is 26.2 Å². The SMILES string of the molecule is COCc1cccc(CNC(=O)N2CCN(c3nc(C)cs3)CC2)c1. The summed E-state index contributed by atoms with van der Waals surface area (Å²) in [6.07, 6.45) is 0. The van der Waals surface area contributed by atoms with E-state index in [2.05, 4.69) is 26.6 Å². The number of amides is 2. The first-order valence-electron chi connectivity index (χ1n) is 8.42. The Balaban J connectivity index is 1.47. The number of aryl methyl sites for hydroxylation is 1. The number of methoxy groups -OCH3 is 1. The number of piperazine rings is 1. The molecule has 3 rings (SSSR count). The van der Waals surface area contributed by atoms with Crippen LogP contribution in [-0.4, -0.2) is 49.2 Å². The highest BCUT2D eigenvalue weighted by molar-refractivity contribution is 7.13. The summed E-state index contributed by atoms with van der Waals surface area (Å²) in [4.78, 5) is 21.0. The number of carbonyl (C=O) groups is 1. The molecule has 2 heterocycles. The van der Waals surface area contributed by atoms with Crippen LogP contribution in [0.25, 0.3) is 0 Å². The van der Waals surface area contributed by atoms with Crippen LogP contribution in [0.4, 0.5) is 9.93 Å². The lowest BCUT2D eigenvalue weighted by molar-refractivity contribution is 0.185. The zero-order valence-electron chi connectivity index (χ0n) is 14.7. The van der Waals surface area contributed by atoms with Gasteiger partial charge in [-0.1, -0.05) is 24.3 Å². The monoisotopic (exact) mass is 360 g/mol. The molecule has 1 aromatic carbocycles. The third-order valence-corrected chi connectivity index (χ3v) is 5.21. The van der Waals surface area contributed by atoms with Crippen molar-refractivity contribution in [3.63, 3.8) is 0 Å². The van der Waals surface area contributed by atoms with Crippen LogP contribution in [0.5, 0.6) is 0 Å². The number of urea groups is 1. The Kier molecular flexibility index (Phi) is 5.88. The maximum Gasteiger partial charge on any atom is 0.317 e. The third-order valence-electron chi connectivity index (χ3n) is 4.19. The van der Waals surface area contributed by atoms with Gasteiger partial charge < -0.3 is 19.9 Å². The molecule has 1 fully saturated rings. The number of anilines is 1. The average molecular weight is 360 g/mol. The summed E-state index contributed by atoms with van der Waals surface area (Å²) in [5.74, 6) is 0. The van der Waals surface area contributed by atoms with Gasteiger partial charge in [0.25, 0.3) is 0 Å². The van der Waals surface area contributed by atoms with Gasteiger partial charge in [0.2, 0.25) is 0 Å². The van der Waals surface area contributed by atoms with E-state index in [4.69, 9.17) is 4.74 Å². The number of nitrogens with one attached hydrogen (secondary N) is 1. The Morgan fingerprint density at radius 2 is 2.04 bits per heavy atom. The van der Waals surface area contributed by atoms with Gasteiger partial charge in [0.05, 0.1) is 12.3 Å². The topological polar surface area (TPSA) is 57.7 Å². The van der Waals surface area contributed by atoms with Crippen LogP contribution in [0.1, 0.15) is 16.8 Å². The van der Waals surface area contributed by atoms with Crippen molar-refractivity contribution in [2.24, 2.45) is 0 Å². The van der Waals surface area contributed by atoms with Gasteiger partial charge in [0.15, 0.2) is 5.13 Å². The first-order chi connectivity index (χ1) is 12.2. The van der Waals surface area contributed by atoms with Gasteiger partial charge in [0.1, 0.15) is 0 Å². The van der Waals surface area contributed by atoms with Gasteiger partial charge in [0, 0.05) is 45.2 Å². The van der Waals surface area contributed by atoms with E-state index in [1.54, 1.807) is 18.4 Å². The Morgan fingerprint density at radius 3 is 2.72 bits per heavy atom. The quantitative estimate of drug-likeness (QED) is 0.891. The van der Waals surface area contributed by atoms with Gasteiger partial charge in [-0.3, -0.25) is 0 Å². The van der Waals surface area contributed by atoms with E-state index in [1.807, 2.05) is 30.0 Å². The molecule has 134 valence electrons. The van der Waals surface area contributed by atoms with Crippen molar-refractivity contribution in [2.45, 2.75) is 20.1 Å². The summed E-state index contributed by atoms with van der Waals surface area (Å²) < 4.78 is 5.15. The smallest absolute Gasteiger partial charge is 0.317 e. The summed E-state index contributed by atoms with van der Waals surface area (Å²) in [6.45, 7) is 6.20. The summed E-state index contributed by atoms with van der Waals surface area (Å²) in [6, 6.07) is 8.08. The standard InChI is InChI=1S/C18H24N4O2S/c1-14-13-25-18(20-14)22-8-6-21(7-9-22)17(23)19-11-15-4-3-5-16(10-15)12-24-2/h3-5,10,13H,6-9,11-12H2,1-2H3,(H,19,23). The number of benzene rings is 1. The molecule has 1 aliphatic heterocycles. The van der Waals surface area contributed by atoms with Crippen molar-refractivity contribution < 1.29 is 9.53 Å². The second-order valence-corrected chi connectivity index (χ2v) is 6.99. The number of carbonyl (C=O) groups excluding carboxylic acids is 1. The van der Waals surface area contributed by atoms with E-state index in [0.717, 1.165) is 35.0 Å². The van der Waals surface area contributed by atoms with E-state index in [9.17, 15) is 4.79 Å². The lowest BCUT2D eigenvalue weighted by atomic mass is 10.1. The van der Waals surface area contributed by atoms with Crippen molar-refractivity contribution in [1.29, 1.82) is 0 Å². The molecule has 0 atom stereocenters.